The Kier molecular flexibility index (Phi) is 3.70. The summed E-state index contributed by atoms with van der Waals surface area (Å²) in [6.45, 7) is 6.24. The molecule has 0 saturated heterocycles. The lowest BCUT2D eigenvalue weighted by atomic mass is 9.82. The number of hydrogen-bond acceptors (Lipinski definition) is 1. The molecule has 1 rings (SSSR count). The molecule has 0 N–H and O–H groups in total. The van der Waals surface area contributed by atoms with Gasteiger partial charge < -0.3 is 0 Å². The normalized spacial score (nSPS) is 12.7. The minimum absolute atomic E-state index is 0.0469. The van der Waals surface area contributed by atoms with Gasteiger partial charge >= 0.3 is 0 Å². The second-order valence-corrected chi connectivity index (χ2v) is 4.91. The van der Waals surface area contributed by atoms with E-state index in [9.17, 15) is 4.79 Å². The van der Waals surface area contributed by atoms with Crippen LogP contribution in [0, 0.1) is 5.41 Å². The molecule has 0 aromatic heterocycles. The van der Waals surface area contributed by atoms with Gasteiger partial charge in [-0.2, -0.15) is 0 Å². The molecule has 0 bridgehead atoms. The minimum Gasteiger partial charge on any atom is -0.299 e. The third-order valence-electron chi connectivity index (χ3n) is 2.20. The number of rotatable bonds is 2. The van der Waals surface area contributed by atoms with E-state index in [2.05, 4.69) is 20.8 Å². The first kappa shape index (κ1) is 12.0. The first-order valence-corrected chi connectivity index (χ1v) is 5.25. The zero-order valence-corrected chi connectivity index (χ0v) is 10.0. The average Bonchev–Trinajstić information content (AvgIpc) is 2.14. The fourth-order valence-electron chi connectivity index (χ4n) is 1.48. The molecule has 0 atom stereocenters. The van der Waals surface area contributed by atoms with E-state index in [1.54, 1.807) is 6.08 Å². The van der Waals surface area contributed by atoms with Crippen LogP contribution in [0.3, 0.4) is 0 Å². The Morgan fingerprint density at radius 3 is 2.13 bits per heavy atom. The first-order chi connectivity index (χ1) is 6.95. The van der Waals surface area contributed by atoms with Crippen molar-refractivity contribution in [3.05, 3.63) is 40.9 Å². The Morgan fingerprint density at radius 2 is 1.73 bits per heavy atom. The summed E-state index contributed by atoms with van der Waals surface area (Å²) in [5, 5.41) is 0.707. The van der Waals surface area contributed by atoms with Crippen molar-refractivity contribution < 1.29 is 4.79 Å². The Hall–Kier alpha value is -1.08. The van der Waals surface area contributed by atoms with E-state index in [-0.39, 0.29) is 5.41 Å². The van der Waals surface area contributed by atoms with Crippen molar-refractivity contribution in [3.63, 3.8) is 0 Å². The van der Waals surface area contributed by atoms with Gasteiger partial charge in [0, 0.05) is 5.02 Å². The summed E-state index contributed by atoms with van der Waals surface area (Å²) in [5.41, 5.74) is 2.02. The second kappa shape index (κ2) is 4.63. The monoisotopic (exact) mass is 222 g/mol. The summed E-state index contributed by atoms with van der Waals surface area (Å²) in [6.07, 6.45) is 2.44. The third-order valence-corrected chi connectivity index (χ3v) is 2.45. The highest BCUT2D eigenvalue weighted by Gasteiger charge is 2.18. The number of halogens is 1. The van der Waals surface area contributed by atoms with E-state index >= 15 is 0 Å². The van der Waals surface area contributed by atoms with E-state index in [1.807, 2.05) is 24.3 Å². The number of carbonyl (C=O) groups is 1. The maximum Gasteiger partial charge on any atom is 0.143 e. The quantitative estimate of drug-likeness (QED) is 0.547. The van der Waals surface area contributed by atoms with Crippen molar-refractivity contribution in [2.75, 3.05) is 0 Å². The van der Waals surface area contributed by atoms with Crippen LogP contribution in [-0.2, 0) is 4.79 Å². The average molecular weight is 223 g/mol. The Balaban J connectivity index is 3.17. The van der Waals surface area contributed by atoms with Crippen LogP contribution in [0.1, 0.15) is 26.3 Å². The van der Waals surface area contributed by atoms with Crippen molar-refractivity contribution in [2.45, 2.75) is 20.8 Å². The molecule has 0 spiro atoms. The number of allylic oxidation sites excluding steroid dienone is 2. The Labute approximate surface area is 95.8 Å². The topological polar surface area (TPSA) is 17.1 Å². The lowest BCUT2D eigenvalue weighted by Crippen LogP contribution is -2.08. The molecule has 0 aliphatic rings. The summed E-state index contributed by atoms with van der Waals surface area (Å²) in [5.74, 6) is 0. The molecule has 1 aromatic carbocycles. The smallest absolute Gasteiger partial charge is 0.143 e. The maximum atomic E-state index is 10.6. The SMILES string of the molecule is CC(C)(C)/C(=C/C=O)c1ccc(Cl)cc1. The van der Waals surface area contributed by atoms with Gasteiger partial charge in [0.05, 0.1) is 0 Å². The van der Waals surface area contributed by atoms with E-state index in [0.717, 1.165) is 17.4 Å². The maximum absolute atomic E-state index is 10.6. The summed E-state index contributed by atoms with van der Waals surface area (Å²) >= 11 is 5.82. The van der Waals surface area contributed by atoms with Crippen molar-refractivity contribution in [1.29, 1.82) is 0 Å². The molecule has 2 heteroatoms. The van der Waals surface area contributed by atoms with Gasteiger partial charge in [0.2, 0.25) is 0 Å². The van der Waals surface area contributed by atoms with E-state index in [0.29, 0.717) is 5.02 Å². The van der Waals surface area contributed by atoms with Gasteiger partial charge in [-0.05, 0) is 34.8 Å². The van der Waals surface area contributed by atoms with E-state index in [4.69, 9.17) is 11.6 Å². The molecule has 0 heterocycles. The fourth-order valence-corrected chi connectivity index (χ4v) is 1.60. The highest BCUT2D eigenvalue weighted by Crippen LogP contribution is 2.33. The van der Waals surface area contributed by atoms with Crippen LogP contribution in [0.25, 0.3) is 5.57 Å². The summed E-state index contributed by atoms with van der Waals surface area (Å²) in [6, 6.07) is 7.54. The molecular formula is C13H15ClO. The molecular weight excluding hydrogens is 208 g/mol. The van der Waals surface area contributed by atoms with Crippen LogP contribution >= 0.6 is 11.6 Å². The highest BCUT2D eigenvalue weighted by atomic mass is 35.5. The lowest BCUT2D eigenvalue weighted by molar-refractivity contribution is -0.104. The molecule has 0 saturated carbocycles. The van der Waals surface area contributed by atoms with Gasteiger partial charge in [-0.25, -0.2) is 0 Å². The first-order valence-electron chi connectivity index (χ1n) is 4.87. The molecule has 15 heavy (non-hydrogen) atoms. The Bertz CT molecular complexity index is 369. The van der Waals surface area contributed by atoms with Gasteiger partial charge in [0.25, 0.3) is 0 Å². The van der Waals surface area contributed by atoms with Crippen LogP contribution in [0.2, 0.25) is 5.02 Å². The number of hydrogen-bond donors (Lipinski definition) is 0. The summed E-state index contributed by atoms with van der Waals surface area (Å²) in [4.78, 5) is 10.6. The molecule has 0 aliphatic carbocycles. The van der Waals surface area contributed by atoms with E-state index in [1.165, 1.54) is 0 Å². The highest BCUT2D eigenvalue weighted by molar-refractivity contribution is 6.30. The van der Waals surface area contributed by atoms with Crippen molar-refractivity contribution in [1.82, 2.24) is 0 Å². The van der Waals surface area contributed by atoms with Crippen LogP contribution < -0.4 is 0 Å². The number of aldehydes is 1. The predicted molar refractivity (Wildman–Crippen MR) is 64.9 cm³/mol. The standard InChI is InChI=1S/C13H15ClO/c1-13(2,3)12(8-9-15)10-4-6-11(14)7-5-10/h4-9H,1-3H3/b12-8+. The van der Waals surface area contributed by atoms with Crippen molar-refractivity contribution in [2.24, 2.45) is 5.41 Å². The molecule has 80 valence electrons. The van der Waals surface area contributed by atoms with Gasteiger partial charge in [0.1, 0.15) is 6.29 Å². The fraction of sp³-hybridized carbons (Fsp3) is 0.308. The van der Waals surface area contributed by atoms with Crippen LogP contribution in [0.4, 0.5) is 0 Å². The van der Waals surface area contributed by atoms with Gasteiger partial charge in [0.15, 0.2) is 0 Å². The third kappa shape index (κ3) is 3.21. The number of carbonyl (C=O) groups excluding carboxylic acids is 1. The predicted octanol–water partition coefficient (Wildman–Crippen LogP) is 3.97. The molecule has 1 nitrogen and oxygen atoms in total. The summed E-state index contributed by atoms with van der Waals surface area (Å²) < 4.78 is 0. The molecule has 0 unspecified atom stereocenters. The van der Waals surface area contributed by atoms with Gasteiger partial charge in [-0.15, -0.1) is 0 Å². The van der Waals surface area contributed by atoms with Gasteiger partial charge in [-0.3, -0.25) is 4.79 Å². The molecule has 1 aromatic rings. The zero-order valence-electron chi connectivity index (χ0n) is 9.25. The van der Waals surface area contributed by atoms with Gasteiger partial charge in [-0.1, -0.05) is 44.5 Å². The van der Waals surface area contributed by atoms with Crippen LogP contribution in [-0.4, -0.2) is 6.29 Å². The molecule has 0 radical (unpaired) electrons. The molecule has 0 amide bonds. The van der Waals surface area contributed by atoms with Crippen molar-refractivity contribution >= 4 is 23.5 Å². The minimum atomic E-state index is -0.0469. The van der Waals surface area contributed by atoms with Crippen LogP contribution in [0.15, 0.2) is 30.3 Å². The van der Waals surface area contributed by atoms with Crippen molar-refractivity contribution in [3.8, 4) is 0 Å². The number of benzene rings is 1. The summed E-state index contributed by atoms with van der Waals surface area (Å²) in [7, 11) is 0. The van der Waals surface area contributed by atoms with Crippen LogP contribution in [0.5, 0.6) is 0 Å². The van der Waals surface area contributed by atoms with E-state index < -0.39 is 0 Å². The zero-order chi connectivity index (χ0) is 11.5. The largest absolute Gasteiger partial charge is 0.299 e. The molecule has 0 fully saturated rings. The molecule has 0 aliphatic heterocycles. The lowest BCUT2D eigenvalue weighted by Gasteiger charge is -2.22. The Morgan fingerprint density at radius 1 is 1.20 bits per heavy atom. The second-order valence-electron chi connectivity index (χ2n) is 4.47.